The average molecular weight is 288 g/mol. The van der Waals surface area contributed by atoms with Gasteiger partial charge in [-0.3, -0.25) is 0 Å². The van der Waals surface area contributed by atoms with E-state index in [9.17, 15) is 4.39 Å². The van der Waals surface area contributed by atoms with Crippen LogP contribution < -0.4 is 10.1 Å². The summed E-state index contributed by atoms with van der Waals surface area (Å²) in [5.74, 6) is 0.879. The number of halogens is 1. The van der Waals surface area contributed by atoms with Gasteiger partial charge in [-0.2, -0.15) is 0 Å². The zero-order valence-electron chi connectivity index (χ0n) is 12.9. The fourth-order valence-corrected chi connectivity index (χ4v) is 2.05. The van der Waals surface area contributed by atoms with E-state index in [0.717, 1.165) is 16.8 Å². The van der Waals surface area contributed by atoms with Gasteiger partial charge in [0.1, 0.15) is 11.6 Å². The van der Waals surface area contributed by atoms with Crippen LogP contribution in [0.5, 0.6) is 11.6 Å². The Bertz CT molecular complexity index is 609. The predicted molar refractivity (Wildman–Crippen MR) is 82.2 cm³/mol. The number of aromatic nitrogens is 1. The van der Waals surface area contributed by atoms with Gasteiger partial charge in [0.25, 0.3) is 0 Å². The Kier molecular flexibility index (Phi) is 4.91. The van der Waals surface area contributed by atoms with Gasteiger partial charge in [0.05, 0.1) is 0 Å². The molecule has 1 heterocycles. The standard InChI is InChI=1S/C17H21FN2O/c1-11(2)19-10-16-12(3)9-13(4)20-17(16)21-15-7-5-14(18)6-8-15/h5-9,11,19H,10H2,1-4H3. The third-order valence-electron chi connectivity index (χ3n) is 3.15. The van der Waals surface area contributed by atoms with Crippen molar-refractivity contribution in [3.63, 3.8) is 0 Å². The molecule has 1 N–H and O–H groups in total. The van der Waals surface area contributed by atoms with E-state index in [-0.39, 0.29) is 5.82 Å². The largest absolute Gasteiger partial charge is 0.439 e. The topological polar surface area (TPSA) is 34.1 Å². The number of ether oxygens (including phenoxy) is 1. The van der Waals surface area contributed by atoms with Crippen molar-refractivity contribution in [2.24, 2.45) is 0 Å². The highest BCUT2D eigenvalue weighted by molar-refractivity contribution is 5.39. The second kappa shape index (κ2) is 6.68. The lowest BCUT2D eigenvalue weighted by Gasteiger charge is -2.15. The first-order chi connectivity index (χ1) is 9.95. The molecule has 1 aromatic heterocycles. The Labute approximate surface area is 125 Å². The van der Waals surface area contributed by atoms with Gasteiger partial charge in [-0.25, -0.2) is 9.37 Å². The third-order valence-corrected chi connectivity index (χ3v) is 3.15. The number of aryl methyl sites for hydroxylation is 2. The maximum atomic E-state index is 13.0. The van der Waals surface area contributed by atoms with Crippen LogP contribution >= 0.6 is 0 Å². The summed E-state index contributed by atoms with van der Waals surface area (Å²) in [6.45, 7) is 8.86. The molecule has 0 unspecified atom stereocenters. The first-order valence-corrected chi connectivity index (χ1v) is 7.09. The van der Waals surface area contributed by atoms with Crippen LogP contribution in [0.3, 0.4) is 0 Å². The van der Waals surface area contributed by atoms with E-state index >= 15 is 0 Å². The normalized spacial score (nSPS) is 11.0. The average Bonchev–Trinajstić information content (AvgIpc) is 2.40. The lowest BCUT2D eigenvalue weighted by molar-refractivity contribution is 0.446. The van der Waals surface area contributed by atoms with Crippen LogP contribution in [0.1, 0.15) is 30.7 Å². The van der Waals surface area contributed by atoms with Crippen LogP contribution in [0.2, 0.25) is 0 Å². The molecule has 0 radical (unpaired) electrons. The number of pyridine rings is 1. The number of nitrogens with one attached hydrogen (secondary N) is 1. The molecule has 0 aliphatic carbocycles. The van der Waals surface area contributed by atoms with Crippen molar-refractivity contribution in [1.82, 2.24) is 10.3 Å². The fourth-order valence-electron chi connectivity index (χ4n) is 2.05. The molecule has 0 aliphatic rings. The molecule has 3 nitrogen and oxygen atoms in total. The van der Waals surface area contributed by atoms with Crippen LogP contribution in [-0.4, -0.2) is 11.0 Å². The highest BCUT2D eigenvalue weighted by Crippen LogP contribution is 2.26. The van der Waals surface area contributed by atoms with Gasteiger partial charge in [0.15, 0.2) is 0 Å². The molecule has 0 spiro atoms. The SMILES string of the molecule is Cc1cc(C)c(CNC(C)C)c(Oc2ccc(F)cc2)n1. The summed E-state index contributed by atoms with van der Waals surface area (Å²) in [5, 5.41) is 3.38. The van der Waals surface area contributed by atoms with Gasteiger partial charge >= 0.3 is 0 Å². The molecule has 112 valence electrons. The van der Waals surface area contributed by atoms with Crippen molar-refractivity contribution in [1.29, 1.82) is 0 Å². The van der Waals surface area contributed by atoms with Gasteiger partial charge in [0.2, 0.25) is 5.88 Å². The second-order valence-corrected chi connectivity index (χ2v) is 5.46. The van der Waals surface area contributed by atoms with Crippen molar-refractivity contribution < 1.29 is 9.13 Å². The number of nitrogens with zero attached hydrogens (tertiary/aromatic N) is 1. The molecule has 0 fully saturated rings. The summed E-state index contributed by atoms with van der Waals surface area (Å²) in [5.41, 5.74) is 3.06. The highest BCUT2D eigenvalue weighted by Gasteiger charge is 2.12. The van der Waals surface area contributed by atoms with Crippen LogP contribution in [-0.2, 0) is 6.54 Å². The molecule has 0 bridgehead atoms. The van der Waals surface area contributed by atoms with Crippen molar-refractivity contribution >= 4 is 0 Å². The molecule has 2 aromatic rings. The molecule has 0 saturated carbocycles. The van der Waals surface area contributed by atoms with E-state index in [2.05, 4.69) is 24.1 Å². The zero-order valence-corrected chi connectivity index (χ0v) is 12.9. The second-order valence-electron chi connectivity index (χ2n) is 5.46. The van der Waals surface area contributed by atoms with Crippen molar-refractivity contribution in [2.45, 2.75) is 40.3 Å². The highest BCUT2D eigenvalue weighted by atomic mass is 19.1. The van der Waals surface area contributed by atoms with Crippen LogP contribution in [0.4, 0.5) is 4.39 Å². The smallest absolute Gasteiger partial charge is 0.224 e. The quantitative estimate of drug-likeness (QED) is 0.898. The molecule has 21 heavy (non-hydrogen) atoms. The minimum Gasteiger partial charge on any atom is -0.439 e. The van der Waals surface area contributed by atoms with E-state index in [4.69, 9.17) is 4.74 Å². The van der Waals surface area contributed by atoms with Crippen molar-refractivity contribution in [2.75, 3.05) is 0 Å². The summed E-state index contributed by atoms with van der Waals surface area (Å²) in [7, 11) is 0. The Morgan fingerprint density at radius 1 is 1.19 bits per heavy atom. The van der Waals surface area contributed by atoms with E-state index < -0.39 is 0 Å². The molecule has 0 saturated heterocycles. The van der Waals surface area contributed by atoms with Crippen LogP contribution in [0, 0.1) is 19.7 Å². The Balaban J connectivity index is 2.29. The van der Waals surface area contributed by atoms with Gasteiger partial charge in [-0.05, 0) is 49.7 Å². The first-order valence-electron chi connectivity index (χ1n) is 7.09. The monoisotopic (exact) mass is 288 g/mol. The van der Waals surface area contributed by atoms with Gasteiger partial charge in [0, 0.05) is 23.8 Å². The molecule has 4 heteroatoms. The molecular weight excluding hydrogens is 267 g/mol. The zero-order chi connectivity index (χ0) is 15.4. The van der Waals surface area contributed by atoms with E-state index in [1.54, 1.807) is 12.1 Å². The maximum Gasteiger partial charge on any atom is 0.224 e. The Hall–Kier alpha value is -1.94. The summed E-state index contributed by atoms with van der Waals surface area (Å²) in [6, 6.07) is 8.38. The van der Waals surface area contributed by atoms with Gasteiger partial charge in [-0.15, -0.1) is 0 Å². The lowest BCUT2D eigenvalue weighted by Crippen LogP contribution is -2.23. The van der Waals surface area contributed by atoms with E-state index in [1.165, 1.54) is 12.1 Å². The van der Waals surface area contributed by atoms with E-state index in [1.807, 2.05) is 19.9 Å². The molecular formula is C17H21FN2O. The number of rotatable bonds is 5. The van der Waals surface area contributed by atoms with Crippen molar-refractivity contribution in [3.8, 4) is 11.6 Å². The predicted octanol–water partition coefficient (Wildman–Crippen LogP) is 4.13. The third kappa shape index (κ3) is 4.26. The number of benzene rings is 1. The molecule has 0 aliphatic heterocycles. The summed E-state index contributed by atoms with van der Waals surface area (Å²) < 4.78 is 18.8. The number of hydrogen-bond acceptors (Lipinski definition) is 3. The fraction of sp³-hybridized carbons (Fsp3) is 0.353. The summed E-state index contributed by atoms with van der Waals surface area (Å²) in [4.78, 5) is 4.47. The molecule has 0 atom stereocenters. The van der Waals surface area contributed by atoms with Gasteiger partial charge < -0.3 is 10.1 Å². The Morgan fingerprint density at radius 2 is 1.86 bits per heavy atom. The van der Waals surface area contributed by atoms with E-state index in [0.29, 0.717) is 24.2 Å². The minimum atomic E-state index is -0.280. The lowest BCUT2D eigenvalue weighted by atomic mass is 10.1. The van der Waals surface area contributed by atoms with Crippen molar-refractivity contribution in [3.05, 3.63) is 53.0 Å². The first kappa shape index (κ1) is 15.4. The number of hydrogen-bond donors (Lipinski definition) is 1. The summed E-state index contributed by atoms with van der Waals surface area (Å²) >= 11 is 0. The summed E-state index contributed by atoms with van der Waals surface area (Å²) in [6.07, 6.45) is 0. The van der Waals surface area contributed by atoms with Crippen LogP contribution in [0.15, 0.2) is 30.3 Å². The maximum absolute atomic E-state index is 13.0. The Morgan fingerprint density at radius 3 is 2.48 bits per heavy atom. The molecule has 0 amide bonds. The van der Waals surface area contributed by atoms with Crippen LogP contribution in [0.25, 0.3) is 0 Å². The molecule has 2 rings (SSSR count). The van der Waals surface area contributed by atoms with Gasteiger partial charge in [-0.1, -0.05) is 13.8 Å². The molecule has 1 aromatic carbocycles. The minimum absolute atomic E-state index is 0.280.